The number of hydrogen-bond acceptors (Lipinski definition) is 5. The van der Waals surface area contributed by atoms with Crippen molar-refractivity contribution in [1.29, 1.82) is 5.26 Å². The molecule has 0 saturated heterocycles. The van der Waals surface area contributed by atoms with Crippen LogP contribution in [0.2, 0.25) is 0 Å². The van der Waals surface area contributed by atoms with Crippen LogP contribution < -0.4 is 11.3 Å². The Kier molecular flexibility index (Phi) is 4.20. The zero-order valence-electron chi connectivity index (χ0n) is 11.5. The van der Waals surface area contributed by atoms with Crippen molar-refractivity contribution in [2.45, 2.75) is 12.5 Å². The molecule has 0 saturated carbocycles. The molecular formula is C14H14N6O2. The van der Waals surface area contributed by atoms with Crippen molar-refractivity contribution in [2.24, 2.45) is 0 Å². The van der Waals surface area contributed by atoms with Gasteiger partial charge in [0.25, 0.3) is 5.56 Å². The number of aromatic amines is 1. The van der Waals surface area contributed by atoms with E-state index in [0.29, 0.717) is 11.0 Å². The van der Waals surface area contributed by atoms with Crippen LogP contribution in [0.1, 0.15) is 18.0 Å². The quantitative estimate of drug-likeness (QED) is 0.717. The van der Waals surface area contributed by atoms with E-state index in [-0.39, 0.29) is 23.4 Å². The van der Waals surface area contributed by atoms with Crippen molar-refractivity contribution in [3.05, 3.63) is 52.7 Å². The minimum absolute atomic E-state index is 0. The number of fused-ring (bicyclic) bond motifs is 1. The van der Waals surface area contributed by atoms with Crippen molar-refractivity contribution >= 4 is 17.0 Å². The Morgan fingerprint density at radius 2 is 2.27 bits per heavy atom. The second kappa shape index (κ2) is 6.07. The van der Waals surface area contributed by atoms with Crippen molar-refractivity contribution in [2.75, 3.05) is 5.73 Å². The van der Waals surface area contributed by atoms with Crippen LogP contribution in [-0.4, -0.2) is 25.0 Å². The second-order valence-corrected chi connectivity index (χ2v) is 4.55. The topological polar surface area (TPSA) is 145 Å². The number of nitrogen functional groups attached to an aromatic ring is 1. The van der Waals surface area contributed by atoms with E-state index in [2.05, 4.69) is 21.0 Å². The lowest BCUT2D eigenvalue weighted by Gasteiger charge is -2.18. The Morgan fingerprint density at radius 3 is 2.95 bits per heavy atom. The van der Waals surface area contributed by atoms with Crippen molar-refractivity contribution in [3.63, 3.8) is 0 Å². The first-order valence-electron chi connectivity index (χ1n) is 6.34. The van der Waals surface area contributed by atoms with Crippen LogP contribution in [0, 0.1) is 11.3 Å². The van der Waals surface area contributed by atoms with Crippen LogP contribution in [-0.2, 0) is 0 Å². The SMILES string of the molecule is N#CCC(c1cccnc1)n1c(N)nc2cc[nH]c2c1=O.O. The molecule has 8 nitrogen and oxygen atoms in total. The van der Waals surface area contributed by atoms with Gasteiger partial charge in [0.05, 0.1) is 24.0 Å². The lowest BCUT2D eigenvalue weighted by atomic mass is 10.1. The largest absolute Gasteiger partial charge is 0.412 e. The minimum Gasteiger partial charge on any atom is -0.412 e. The van der Waals surface area contributed by atoms with E-state index in [1.54, 1.807) is 36.8 Å². The van der Waals surface area contributed by atoms with Gasteiger partial charge in [-0.25, -0.2) is 4.98 Å². The molecule has 1 atom stereocenters. The predicted octanol–water partition coefficient (Wildman–Crippen LogP) is 0.380. The average Bonchev–Trinajstić information content (AvgIpc) is 2.95. The summed E-state index contributed by atoms with van der Waals surface area (Å²) in [4.78, 5) is 23.7. The number of nitrogens with zero attached hydrogens (tertiary/aromatic N) is 4. The molecule has 8 heteroatoms. The fraction of sp³-hybridized carbons (Fsp3) is 0.143. The van der Waals surface area contributed by atoms with Crippen LogP contribution in [0.4, 0.5) is 5.95 Å². The summed E-state index contributed by atoms with van der Waals surface area (Å²) in [6.07, 6.45) is 4.98. The highest BCUT2D eigenvalue weighted by Gasteiger charge is 2.20. The number of anilines is 1. The minimum atomic E-state index is -0.517. The molecule has 0 aliphatic carbocycles. The first kappa shape index (κ1) is 15.2. The van der Waals surface area contributed by atoms with Crippen molar-refractivity contribution in [1.82, 2.24) is 19.5 Å². The molecule has 0 amide bonds. The molecule has 0 radical (unpaired) electrons. The van der Waals surface area contributed by atoms with Gasteiger partial charge in [-0.15, -0.1) is 0 Å². The third-order valence-corrected chi connectivity index (χ3v) is 3.30. The predicted molar refractivity (Wildman–Crippen MR) is 81.0 cm³/mol. The van der Waals surface area contributed by atoms with E-state index in [1.807, 2.05) is 0 Å². The Balaban J connectivity index is 0.00000176. The van der Waals surface area contributed by atoms with E-state index < -0.39 is 6.04 Å². The lowest BCUT2D eigenvalue weighted by molar-refractivity contribution is 0.579. The number of nitriles is 1. The normalized spacial score (nSPS) is 11.6. The van der Waals surface area contributed by atoms with Crippen LogP contribution >= 0.6 is 0 Å². The molecule has 0 aromatic carbocycles. The molecule has 0 fully saturated rings. The van der Waals surface area contributed by atoms with Crippen LogP contribution in [0.25, 0.3) is 11.0 Å². The van der Waals surface area contributed by atoms with Gasteiger partial charge in [0.15, 0.2) is 0 Å². The Bertz CT molecular complexity index is 878. The molecule has 0 aliphatic rings. The summed E-state index contributed by atoms with van der Waals surface area (Å²) >= 11 is 0. The van der Waals surface area contributed by atoms with E-state index in [1.165, 1.54) is 4.57 Å². The zero-order chi connectivity index (χ0) is 14.8. The maximum absolute atomic E-state index is 12.6. The molecule has 3 aromatic heterocycles. The van der Waals surface area contributed by atoms with Gasteiger partial charge in [-0.3, -0.25) is 14.3 Å². The molecule has 112 valence electrons. The highest BCUT2D eigenvalue weighted by molar-refractivity contribution is 5.74. The number of nitrogens with one attached hydrogen (secondary N) is 1. The Labute approximate surface area is 125 Å². The Morgan fingerprint density at radius 1 is 1.45 bits per heavy atom. The van der Waals surface area contributed by atoms with Crippen molar-refractivity contribution in [3.8, 4) is 6.07 Å². The summed E-state index contributed by atoms with van der Waals surface area (Å²) in [5.74, 6) is 0.0798. The first-order valence-corrected chi connectivity index (χ1v) is 6.34. The third kappa shape index (κ3) is 2.41. The fourth-order valence-corrected chi connectivity index (χ4v) is 2.35. The summed E-state index contributed by atoms with van der Waals surface area (Å²) in [6.45, 7) is 0. The van der Waals surface area contributed by atoms with Gasteiger partial charge >= 0.3 is 0 Å². The Hall–Kier alpha value is -3.18. The second-order valence-electron chi connectivity index (χ2n) is 4.55. The molecule has 1 unspecified atom stereocenters. The number of H-pyrrole nitrogens is 1. The average molecular weight is 298 g/mol. The molecule has 0 aliphatic heterocycles. The number of nitrogens with two attached hydrogens (primary N) is 1. The molecule has 0 spiro atoms. The summed E-state index contributed by atoms with van der Waals surface area (Å²) in [5, 5.41) is 9.06. The number of aromatic nitrogens is 4. The number of rotatable bonds is 3. The van der Waals surface area contributed by atoms with Crippen LogP contribution in [0.15, 0.2) is 41.6 Å². The lowest BCUT2D eigenvalue weighted by Crippen LogP contribution is -2.29. The van der Waals surface area contributed by atoms with Gasteiger partial charge in [-0.2, -0.15) is 5.26 Å². The molecule has 22 heavy (non-hydrogen) atoms. The number of hydrogen-bond donors (Lipinski definition) is 2. The van der Waals surface area contributed by atoms with E-state index in [4.69, 9.17) is 11.0 Å². The molecule has 5 N–H and O–H groups in total. The van der Waals surface area contributed by atoms with Gasteiger partial charge in [-0.1, -0.05) is 6.07 Å². The highest BCUT2D eigenvalue weighted by Crippen LogP contribution is 2.22. The summed E-state index contributed by atoms with van der Waals surface area (Å²) in [7, 11) is 0. The monoisotopic (exact) mass is 298 g/mol. The van der Waals surface area contributed by atoms with Crippen molar-refractivity contribution < 1.29 is 5.48 Å². The van der Waals surface area contributed by atoms with Gasteiger partial charge < -0.3 is 16.2 Å². The molecule has 3 heterocycles. The van der Waals surface area contributed by atoms with E-state index in [9.17, 15) is 4.79 Å². The zero-order valence-corrected chi connectivity index (χ0v) is 11.5. The standard InChI is InChI=1S/C14H12N6O.H2O/c15-5-3-11(9-2-1-6-17-8-9)20-13(21)12-10(4-7-18-12)19-14(20)16;/h1-2,4,6-8,11,18H,3H2,(H2,16,19);1H2. The van der Waals surface area contributed by atoms with Gasteiger partial charge in [0.1, 0.15) is 5.52 Å². The maximum atomic E-state index is 12.6. The van der Waals surface area contributed by atoms with Crippen LogP contribution in [0.3, 0.4) is 0 Å². The first-order chi connectivity index (χ1) is 10.2. The van der Waals surface area contributed by atoms with Gasteiger partial charge in [-0.05, 0) is 17.7 Å². The summed E-state index contributed by atoms with van der Waals surface area (Å²) < 4.78 is 1.33. The number of pyridine rings is 1. The highest BCUT2D eigenvalue weighted by atomic mass is 16.1. The molecular weight excluding hydrogens is 284 g/mol. The fourth-order valence-electron chi connectivity index (χ4n) is 2.35. The summed E-state index contributed by atoms with van der Waals surface area (Å²) in [5.41, 5.74) is 7.24. The van der Waals surface area contributed by atoms with E-state index in [0.717, 1.165) is 5.56 Å². The van der Waals surface area contributed by atoms with Gasteiger partial charge in [0, 0.05) is 18.6 Å². The smallest absolute Gasteiger partial charge is 0.279 e. The molecule has 3 rings (SSSR count). The van der Waals surface area contributed by atoms with E-state index >= 15 is 0 Å². The van der Waals surface area contributed by atoms with Crippen LogP contribution in [0.5, 0.6) is 0 Å². The van der Waals surface area contributed by atoms with Gasteiger partial charge in [0.2, 0.25) is 5.95 Å². The molecule has 3 aromatic rings. The summed E-state index contributed by atoms with van der Waals surface area (Å²) in [6, 6.07) is 6.80. The third-order valence-electron chi connectivity index (χ3n) is 3.30. The molecule has 0 bridgehead atoms. The maximum Gasteiger partial charge on any atom is 0.279 e.